The summed E-state index contributed by atoms with van der Waals surface area (Å²) >= 11 is 0. The molecule has 3 N–H and O–H groups in total. The third-order valence-corrected chi connectivity index (χ3v) is 2.20. The van der Waals surface area contributed by atoms with Gasteiger partial charge in [-0.3, -0.25) is 4.79 Å². The number of carbonyl (C=O) groups excluding carboxylic acids is 1. The number of hydrogen-bond donors (Lipinski definition) is 2. The minimum Gasteiger partial charge on any atom is -0.477 e. The van der Waals surface area contributed by atoms with Gasteiger partial charge in [0.15, 0.2) is 0 Å². The number of methoxy groups -OCH3 is 1. The number of carboxylic acid groups (broad SMARTS) is 1. The fourth-order valence-electron chi connectivity index (χ4n) is 1.47. The molecule has 1 amide bonds. The van der Waals surface area contributed by atoms with Crippen molar-refractivity contribution in [1.82, 2.24) is 4.90 Å². The number of rotatable bonds is 4. The van der Waals surface area contributed by atoms with E-state index in [9.17, 15) is 9.59 Å². The van der Waals surface area contributed by atoms with Crippen molar-refractivity contribution in [1.29, 1.82) is 0 Å². The zero-order valence-electron chi connectivity index (χ0n) is 9.10. The second kappa shape index (κ2) is 5.83. The molecule has 1 rings (SSSR count). The first-order chi connectivity index (χ1) is 6.99. The van der Waals surface area contributed by atoms with E-state index in [4.69, 9.17) is 15.6 Å². The number of amides is 1. The number of likely N-dealkylation sites (tertiary alicyclic amines) is 1. The molecule has 1 unspecified atom stereocenters. The molecule has 1 atom stereocenters. The Balaban J connectivity index is 0.00000225. The van der Waals surface area contributed by atoms with Gasteiger partial charge in [-0.25, -0.2) is 4.79 Å². The Kier molecular flexibility index (Phi) is 5.43. The average Bonchev–Trinajstić information content (AvgIpc) is 2.17. The third kappa shape index (κ3) is 2.72. The molecule has 0 aromatic heterocycles. The lowest BCUT2D eigenvalue weighted by atomic mass is 10.1. The highest BCUT2D eigenvalue weighted by atomic mass is 35.5. The molecule has 1 saturated heterocycles. The van der Waals surface area contributed by atoms with E-state index in [-0.39, 0.29) is 37.2 Å². The molecule has 7 heteroatoms. The van der Waals surface area contributed by atoms with Gasteiger partial charge in [-0.05, 0) is 12.5 Å². The van der Waals surface area contributed by atoms with Crippen LogP contribution in [0.5, 0.6) is 0 Å². The fraction of sp³-hybridized carbons (Fsp3) is 0.556. The van der Waals surface area contributed by atoms with Gasteiger partial charge in [0.1, 0.15) is 11.7 Å². The highest BCUT2D eigenvalue weighted by Crippen LogP contribution is 2.19. The van der Waals surface area contributed by atoms with Gasteiger partial charge in [0, 0.05) is 7.11 Å². The van der Waals surface area contributed by atoms with E-state index in [1.54, 1.807) is 6.92 Å². The molecular weight excluding hydrogens is 236 g/mol. The van der Waals surface area contributed by atoms with Crippen LogP contribution < -0.4 is 5.73 Å². The van der Waals surface area contributed by atoms with Gasteiger partial charge in [-0.2, -0.15) is 0 Å². The highest BCUT2D eigenvalue weighted by molar-refractivity contribution is 5.98. The van der Waals surface area contributed by atoms with Crippen LogP contribution in [0.3, 0.4) is 0 Å². The minimum atomic E-state index is -1.13. The standard InChI is InChI=1S/C9H14N2O4.ClH/c1-5(4-15-2)7(9(13)14)11-3-6(10)8(11)12;/h6H,3-4,10H2,1-2H3,(H,13,14);1H/b7-5-;. The van der Waals surface area contributed by atoms with Crippen molar-refractivity contribution in [2.24, 2.45) is 5.73 Å². The zero-order chi connectivity index (χ0) is 11.6. The maximum absolute atomic E-state index is 11.3. The molecule has 0 radical (unpaired) electrons. The number of hydrogen-bond acceptors (Lipinski definition) is 4. The summed E-state index contributed by atoms with van der Waals surface area (Å²) in [4.78, 5) is 23.4. The maximum Gasteiger partial charge on any atom is 0.352 e. The van der Waals surface area contributed by atoms with Crippen LogP contribution in [0.15, 0.2) is 11.3 Å². The molecule has 1 fully saturated rings. The van der Waals surface area contributed by atoms with Crippen LogP contribution in [0, 0.1) is 0 Å². The topological polar surface area (TPSA) is 92.9 Å². The van der Waals surface area contributed by atoms with Crippen molar-refractivity contribution in [2.75, 3.05) is 20.3 Å². The van der Waals surface area contributed by atoms with Crippen LogP contribution in [-0.4, -0.2) is 48.2 Å². The Morgan fingerprint density at radius 3 is 2.56 bits per heavy atom. The predicted octanol–water partition coefficient (Wildman–Crippen LogP) is -0.417. The van der Waals surface area contributed by atoms with Crippen LogP contribution >= 0.6 is 12.4 Å². The Morgan fingerprint density at radius 1 is 1.69 bits per heavy atom. The highest BCUT2D eigenvalue weighted by Gasteiger charge is 2.39. The predicted molar refractivity (Wildman–Crippen MR) is 59.1 cm³/mol. The summed E-state index contributed by atoms with van der Waals surface area (Å²) < 4.78 is 4.83. The Hall–Kier alpha value is -1.11. The Morgan fingerprint density at radius 2 is 2.25 bits per heavy atom. The molecule has 1 aliphatic rings. The van der Waals surface area contributed by atoms with Crippen molar-refractivity contribution in [3.05, 3.63) is 11.3 Å². The first-order valence-corrected chi connectivity index (χ1v) is 4.48. The van der Waals surface area contributed by atoms with E-state index in [0.29, 0.717) is 5.57 Å². The van der Waals surface area contributed by atoms with Crippen LogP contribution in [0.25, 0.3) is 0 Å². The monoisotopic (exact) mass is 250 g/mol. The summed E-state index contributed by atoms with van der Waals surface area (Å²) in [6.07, 6.45) is 0. The molecule has 92 valence electrons. The van der Waals surface area contributed by atoms with Gasteiger partial charge < -0.3 is 20.5 Å². The summed E-state index contributed by atoms with van der Waals surface area (Å²) in [5.74, 6) is -1.49. The first kappa shape index (κ1) is 14.9. The number of β-lactam (4-membered cyclic amide) rings is 1. The van der Waals surface area contributed by atoms with Gasteiger partial charge >= 0.3 is 5.97 Å². The lowest BCUT2D eigenvalue weighted by molar-refractivity contribution is -0.146. The number of halogens is 1. The van der Waals surface area contributed by atoms with Crippen molar-refractivity contribution in [2.45, 2.75) is 13.0 Å². The van der Waals surface area contributed by atoms with E-state index in [0.717, 1.165) is 0 Å². The van der Waals surface area contributed by atoms with Crippen LogP contribution in [-0.2, 0) is 14.3 Å². The molecule has 1 aliphatic heterocycles. The van der Waals surface area contributed by atoms with Gasteiger partial charge in [-0.15, -0.1) is 12.4 Å². The second-order valence-electron chi connectivity index (χ2n) is 3.42. The number of aliphatic carboxylic acids is 1. The normalized spacial score (nSPS) is 20.8. The van der Waals surface area contributed by atoms with Crippen molar-refractivity contribution in [3.8, 4) is 0 Å². The largest absolute Gasteiger partial charge is 0.477 e. The summed E-state index contributed by atoms with van der Waals surface area (Å²) in [6, 6.07) is -0.574. The number of carbonyl (C=O) groups is 2. The zero-order valence-corrected chi connectivity index (χ0v) is 9.91. The SMILES string of the molecule is COC/C(C)=C(/C(=O)O)N1CC(N)C1=O.Cl. The Labute approximate surface area is 99.4 Å². The molecule has 0 aromatic rings. The smallest absolute Gasteiger partial charge is 0.352 e. The lowest BCUT2D eigenvalue weighted by Crippen LogP contribution is -2.61. The molecule has 0 bridgehead atoms. The van der Waals surface area contributed by atoms with Gasteiger partial charge in [0.25, 0.3) is 0 Å². The molecule has 0 spiro atoms. The average molecular weight is 251 g/mol. The van der Waals surface area contributed by atoms with Crippen LogP contribution in [0.2, 0.25) is 0 Å². The molecule has 16 heavy (non-hydrogen) atoms. The molecule has 1 heterocycles. The van der Waals surface area contributed by atoms with E-state index in [1.807, 2.05) is 0 Å². The van der Waals surface area contributed by atoms with Crippen LogP contribution in [0.4, 0.5) is 0 Å². The van der Waals surface area contributed by atoms with E-state index in [2.05, 4.69) is 0 Å². The summed E-state index contributed by atoms with van der Waals surface area (Å²) in [6.45, 7) is 2.05. The van der Waals surface area contributed by atoms with Gasteiger partial charge in [0.05, 0.1) is 13.2 Å². The van der Waals surface area contributed by atoms with Gasteiger partial charge in [-0.1, -0.05) is 0 Å². The van der Waals surface area contributed by atoms with Gasteiger partial charge in [0.2, 0.25) is 5.91 Å². The molecule has 0 aliphatic carbocycles. The molecular formula is C9H15ClN2O4. The second-order valence-corrected chi connectivity index (χ2v) is 3.42. The van der Waals surface area contributed by atoms with Crippen LogP contribution in [0.1, 0.15) is 6.92 Å². The quantitative estimate of drug-likeness (QED) is 0.522. The Bertz CT molecular complexity index is 329. The van der Waals surface area contributed by atoms with Crippen molar-refractivity contribution >= 4 is 24.3 Å². The third-order valence-electron chi connectivity index (χ3n) is 2.20. The number of ether oxygens (including phenoxy) is 1. The lowest BCUT2D eigenvalue weighted by Gasteiger charge is -2.36. The fourth-order valence-corrected chi connectivity index (χ4v) is 1.47. The number of nitrogens with zero attached hydrogens (tertiary/aromatic N) is 1. The summed E-state index contributed by atoms with van der Waals surface area (Å²) in [5.41, 5.74) is 5.87. The number of carboxylic acids is 1. The molecule has 6 nitrogen and oxygen atoms in total. The minimum absolute atomic E-state index is 0. The van der Waals surface area contributed by atoms with E-state index < -0.39 is 12.0 Å². The summed E-state index contributed by atoms with van der Waals surface area (Å²) in [5, 5.41) is 8.96. The molecule has 0 saturated carbocycles. The maximum atomic E-state index is 11.3. The van der Waals surface area contributed by atoms with Crippen molar-refractivity contribution < 1.29 is 19.4 Å². The summed E-state index contributed by atoms with van der Waals surface area (Å²) in [7, 11) is 1.46. The van der Waals surface area contributed by atoms with Crippen molar-refractivity contribution in [3.63, 3.8) is 0 Å². The number of nitrogens with two attached hydrogens (primary N) is 1. The van der Waals surface area contributed by atoms with E-state index in [1.165, 1.54) is 12.0 Å². The molecule has 0 aromatic carbocycles. The van der Waals surface area contributed by atoms with E-state index >= 15 is 0 Å². The first-order valence-electron chi connectivity index (χ1n) is 4.48.